The Morgan fingerprint density at radius 1 is 0.960 bits per heavy atom. The molecule has 4 nitrogen and oxygen atoms in total. The van der Waals surface area contributed by atoms with Crippen LogP contribution in [-0.2, 0) is 4.79 Å². The van der Waals surface area contributed by atoms with Crippen LogP contribution in [0.25, 0.3) is 0 Å². The fourth-order valence-electron chi connectivity index (χ4n) is 2.65. The van der Waals surface area contributed by atoms with Gasteiger partial charge >= 0.3 is 0 Å². The van der Waals surface area contributed by atoms with Crippen molar-refractivity contribution >= 4 is 11.8 Å². The summed E-state index contributed by atoms with van der Waals surface area (Å²) in [5, 5.41) is 5.70. The molecule has 132 valence electrons. The van der Waals surface area contributed by atoms with Gasteiger partial charge in [-0.3, -0.25) is 9.59 Å². The summed E-state index contributed by atoms with van der Waals surface area (Å²) < 4.78 is 0. The number of carbonyl (C=O) groups is 2. The quantitative estimate of drug-likeness (QED) is 0.810. The maximum atomic E-state index is 12.3. The van der Waals surface area contributed by atoms with Crippen LogP contribution in [0, 0.1) is 12.8 Å². The molecule has 0 bridgehead atoms. The van der Waals surface area contributed by atoms with E-state index >= 15 is 0 Å². The summed E-state index contributed by atoms with van der Waals surface area (Å²) in [5.74, 6) is 0.0258. The summed E-state index contributed by atoms with van der Waals surface area (Å²) in [6.45, 7) is 6.18. The average Bonchev–Trinajstić information content (AvgIpc) is 2.60. The molecule has 0 aliphatic heterocycles. The van der Waals surface area contributed by atoms with Crippen molar-refractivity contribution in [3.05, 3.63) is 71.3 Å². The number of nitrogens with one attached hydrogen (secondary N) is 2. The Morgan fingerprint density at radius 2 is 1.60 bits per heavy atom. The normalized spacial score (nSPS) is 11.8. The Balaban J connectivity index is 1.92. The van der Waals surface area contributed by atoms with Crippen LogP contribution in [0.15, 0.2) is 54.6 Å². The summed E-state index contributed by atoms with van der Waals surface area (Å²) in [7, 11) is 0. The second-order valence-corrected chi connectivity index (χ2v) is 6.71. The van der Waals surface area contributed by atoms with Crippen LogP contribution in [0.1, 0.15) is 47.8 Å². The van der Waals surface area contributed by atoms with E-state index in [2.05, 4.69) is 24.5 Å². The summed E-state index contributed by atoms with van der Waals surface area (Å²) in [5.41, 5.74) is 2.73. The minimum Gasteiger partial charge on any atom is -0.348 e. The molecule has 4 heteroatoms. The molecular weight excluding hydrogens is 312 g/mol. The van der Waals surface area contributed by atoms with E-state index < -0.39 is 0 Å². The van der Waals surface area contributed by atoms with Gasteiger partial charge < -0.3 is 10.6 Å². The van der Waals surface area contributed by atoms with Gasteiger partial charge in [0.2, 0.25) is 5.91 Å². The molecule has 2 amide bonds. The lowest BCUT2D eigenvalue weighted by atomic mass is 9.97. The predicted molar refractivity (Wildman–Crippen MR) is 100 cm³/mol. The van der Waals surface area contributed by atoms with E-state index in [9.17, 15) is 9.59 Å². The van der Waals surface area contributed by atoms with Gasteiger partial charge in [-0.2, -0.15) is 0 Å². The minimum absolute atomic E-state index is 0.0336. The van der Waals surface area contributed by atoms with Crippen LogP contribution in [0.3, 0.4) is 0 Å². The molecule has 2 rings (SSSR count). The van der Waals surface area contributed by atoms with Crippen LogP contribution < -0.4 is 10.6 Å². The Kier molecular flexibility index (Phi) is 6.75. The summed E-state index contributed by atoms with van der Waals surface area (Å²) >= 11 is 0. The molecule has 0 spiro atoms. The zero-order chi connectivity index (χ0) is 18.2. The smallest absolute Gasteiger partial charge is 0.251 e. The molecule has 0 aromatic heterocycles. The van der Waals surface area contributed by atoms with Gasteiger partial charge in [-0.05, 0) is 37.0 Å². The standard InChI is InChI=1S/C21H26N2O2/c1-15(2)13-19(17-7-5-4-6-8-17)23-20(24)14-22-21(25)18-11-9-16(3)10-12-18/h4-12,15,19H,13-14H2,1-3H3,(H,22,25)(H,23,24). The second-order valence-electron chi connectivity index (χ2n) is 6.71. The number of hydrogen-bond acceptors (Lipinski definition) is 2. The van der Waals surface area contributed by atoms with Crippen molar-refractivity contribution < 1.29 is 9.59 Å². The van der Waals surface area contributed by atoms with Crippen molar-refractivity contribution in [2.75, 3.05) is 6.54 Å². The lowest BCUT2D eigenvalue weighted by Gasteiger charge is -2.21. The van der Waals surface area contributed by atoms with Crippen LogP contribution >= 0.6 is 0 Å². The molecule has 0 radical (unpaired) electrons. The fourth-order valence-corrected chi connectivity index (χ4v) is 2.65. The van der Waals surface area contributed by atoms with E-state index in [0.29, 0.717) is 11.5 Å². The number of carbonyl (C=O) groups excluding carboxylic acids is 2. The minimum atomic E-state index is -0.240. The largest absolute Gasteiger partial charge is 0.348 e. The van der Waals surface area contributed by atoms with Gasteiger partial charge in [0.1, 0.15) is 0 Å². The predicted octanol–water partition coefficient (Wildman–Crippen LogP) is 3.63. The van der Waals surface area contributed by atoms with Crippen molar-refractivity contribution in [2.24, 2.45) is 5.92 Å². The molecule has 1 unspecified atom stereocenters. The number of aryl methyl sites for hydroxylation is 1. The van der Waals surface area contributed by atoms with Gasteiger partial charge in [-0.1, -0.05) is 61.9 Å². The third-order valence-electron chi connectivity index (χ3n) is 3.97. The number of amides is 2. The maximum Gasteiger partial charge on any atom is 0.251 e. The number of benzene rings is 2. The van der Waals surface area contributed by atoms with E-state index in [0.717, 1.165) is 17.5 Å². The molecule has 2 N–H and O–H groups in total. The van der Waals surface area contributed by atoms with Gasteiger partial charge in [0.25, 0.3) is 5.91 Å². The van der Waals surface area contributed by atoms with E-state index in [1.165, 1.54) is 0 Å². The molecule has 0 fully saturated rings. The molecule has 0 saturated heterocycles. The Bertz CT molecular complexity index is 694. The molecule has 0 aliphatic rings. The van der Waals surface area contributed by atoms with E-state index in [-0.39, 0.29) is 24.4 Å². The first-order chi connectivity index (χ1) is 12.0. The molecule has 2 aromatic carbocycles. The lowest BCUT2D eigenvalue weighted by molar-refractivity contribution is -0.121. The van der Waals surface area contributed by atoms with Crippen LogP contribution in [0.5, 0.6) is 0 Å². The summed E-state index contributed by atoms with van der Waals surface area (Å²) in [4.78, 5) is 24.4. The second kappa shape index (κ2) is 9.02. The van der Waals surface area contributed by atoms with Crippen molar-refractivity contribution in [1.82, 2.24) is 10.6 Å². The Hall–Kier alpha value is -2.62. The molecule has 2 aromatic rings. The number of hydrogen-bond donors (Lipinski definition) is 2. The summed E-state index contributed by atoms with van der Waals surface area (Å²) in [6.07, 6.45) is 0.849. The van der Waals surface area contributed by atoms with E-state index in [1.54, 1.807) is 12.1 Å². The van der Waals surface area contributed by atoms with Crippen LogP contribution in [0.2, 0.25) is 0 Å². The Labute approximate surface area is 149 Å². The average molecular weight is 338 g/mol. The fraction of sp³-hybridized carbons (Fsp3) is 0.333. The highest BCUT2D eigenvalue weighted by Gasteiger charge is 2.16. The van der Waals surface area contributed by atoms with Crippen molar-refractivity contribution in [3.63, 3.8) is 0 Å². The molecule has 0 saturated carbocycles. The van der Waals surface area contributed by atoms with Crippen molar-refractivity contribution in [3.8, 4) is 0 Å². The zero-order valence-corrected chi connectivity index (χ0v) is 15.1. The third-order valence-corrected chi connectivity index (χ3v) is 3.97. The molecule has 25 heavy (non-hydrogen) atoms. The van der Waals surface area contributed by atoms with Gasteiger partial charge in [0.05, 0.1) is 12.6 Å². The highest BCUT2D eigenvalue weighted by Crippen LogP contribution is 2.20. The first-order valence-corrected chi connectivity index (χ1v) is 8.65. The van der Waals surface area contributed by atoms with Gasteiger partial charge in [0.15, 0.2) is 0 Å². The SMILES string of the molecule is Cc1ccc(C(=O)NCC(=O)NC(CC(C)C)c2ccccc2)cc1. The highest BCUT2D eigenvalue weighted by atomic mass is 16.2. The first-order valence-electron chi connectivity index (χ1n) is 8.65. The third kappa shape index (κ3) is 6.07. The molecule has 0 aliphatic carbocycles. The molecule has 0 heterocycles. The van der Waals surface area contributed by atoms with Crippen LogP contribution in [-0.4, -0.2) is 18.4 Å². The van der Waals surface area contributed by atoms with E-state index in [4.69, 9.17) is 0 Å². The number of rotatable bonds is 7. The van der Waals surface area contributed by atoms with Gasteiger partial charge in [-0.15, -0.1) is 0 Å². The lowest BCUT2D eigenvalue weighted by Crippen LogP contribution is -2.39. The molecule has 1 atom stereocenters. The van der Waals surface area contributed by atoms with Crippen molar-refractivity contribution in [2.45, 2.75) is 33.2 Å². The monoisotopic (exact) mass is 338 g/mol. The zero-order valence-electron chi connectivity index (χ0n) is 15.1. The van der Waals surface area contributed by atoms with Gasteiger partial charge in [0, 0.05) is 5.56 Å². The highest BCUT2D eigenvalue weighted by molar-refractivity contribution is 5.96. The van der Waals surface area contributed by atoms with Crippen LogP contribution in [0.4, 0.5) is 0 Å². The van der Waals surface area contributed by atoms with Gasteiger partial charge in [-0.25, -0.2) is 0 Å². The van der Waals surface area contributed by atoms with Crippen molar-refractivity contribution in [1.29, 1.82) is 0 Å². The Morgan fingerprint density at radius 3 is 2.20 bits per heavy atom. The first kappa shape index (κ1) is 18.7. The molecular formula is C21H26N2O2. The topological polar surface area (TPSA) is 58.2 Å². The van der Waals surface area contributed by atoms with E-state index in [1.807, 2.05) is 49.4 Å². The summed E-state index contributed by atoms with van der Waals surface area (Å²) in [6, 6.07) is 17.1. The maximum absolute atomic E-state index is 12.3.